The molecule has 1 rings (SSSR count). The molecule has 1 N–H and O–H groups in total. The minimum atomic E-state index is -0.494. The predicted octanol–water partition coefficient (Wildman–Crippen LogP) is 1.85. The van der Waals surface area contributed by atoms with Crippen LogP contribution in [0.4, 0.5) is 5.69 Å². The zero-order valence-electron chi connectivity index (χ0n) is 6.03. The van der Waals surface area contributed by atoms with Gasteiger partial charge in [0.2, 0.25) is 0 Å². The van der Waals surface area contributed by atoms with Gasteiger partial charge in [-0.1, -0.05) is 15.9 Å². The quantitative estimate of drug-likeness (QED) is 0.625. The smallest absolute Gasteiger partial charge is 0.269 e. The number of aliphatic hydroxyl groups excluding tert-OH is 1. The van der Waals surface area contributed by atoms with Gasteiger partial charge in [-0.2, -0.15) is 0 Å². The number of nitrogens with zero attached hydrogens (tertiary/aromatic N) is 1. The number of hydrogen-bond acceptors (Lipinski definition) is 3. The molecule has 0 aromatic heterocycles. The molecule has 0 atom stereocenters. The summed E-state index contributed by atoms with van der Waals surface area (Å²) in [6.07, 6.45) is 0. The summed E-state index contributed by atoms with van der Waals surface area (Å²) in [4.78, 5) is 9.79. The van der Waals surface area contributed by atoms with E-state index >= 15 is 0 Å². The lowest BCUT2D eigenvalue weighted by Crippen LogP contribution is -1.91. The van der Waals surface area contributed by atoms with E-state index in [9.17, 15) is 10.1 Å². The second-order valence-electron chi connectivity index (χ2n) is 2.19. The van der Waals surface area contributed by atoms with Gasteiger partial charge in [-0.25, -0.2) is 0 Å². The van der Waals surface area contributed by atoms with Crippen LogP contribution in [0.3, 0.4) is 0 Å². The fourth-order valence-corrected chi connectivity index (χ4v) is 1.17. The lowest BCUT2D eigenvalue weighted by atomic mass is 10.2. The maximum atomic E-state index is 10.3. The molecule has 64 valence electrons. The van der Waals surface area contributed by atoms with E-state index in [4.69, 9.17) is 5.11 Å². The third-order valence-electron chi connectivity index (χ3n) is 1.41. The minimum absolute atomic E-state index is 0.0118. The molecule has 0 amide bonds. The monoisotopic (exact) mass is 231 g/mol. The molecule has 0 spiro atoms. The Balaban J connectivity index is 3.13. The molecule has 0 fully saturated rings. The third-order valence-corrected chi connectivity index (χ3v) is 2.18. The van der Waals surface area contributed by atoms with E-state index in [1.54, 1.807) is 6.07 Å². The van der Waals surface area contributed by atoms with Gasteiger partial charge in [0.25, 0.3) is 5.69 Å². The maximum Gasteiger partial charge on any atom is 0.269 e. The van der Waals surface area contributed by atoms with Gasteiger partial charge in [-0.3, -0.25) is 10.1 Å². The first kappa shape index (κ1) is 9.15. The van der Waals surface area contributed by atoms with E-state index in [0.29, 0.717) is 10.0 Å². The largest absolute Gasteiger partial charge is 0.392 e. The van der Waals surface area contributed by atoms with Crippen LogP contribution in [0.1, 0.15) is 5.56 Å². The van der Waals surface area contributed by atoms with Crippen molar-refractivity contribution in [3.8, 4) is 0 Å². The zero-order valence-corrected chi connectivity index (χ0v) is 7.61. The maximum absolute atomic E-state index is 10.3. The number of non-ortho nitro benzene ring substituents is 1. The summed E-state index contributed by atoms with van der Waals surface area (Å²) in [5.74, 6) is 0. The van der Waals surface area contributed by atoms with Gasteiger partial charge in [0.05, 0.1) is 11.5 Å². The predicted molar refractivity (Wildman–Crippen MR) is 46.7 cm³/mol. The molecule has 4 nitrogen and oxygen atoms in total. The summed E-state index contributed by atoms with van der Waals surface area (Å²) in [5, 5.41) is 19.1. The number of rotatable bonds is 2. The van der Waals surface area contributed by atoms with Crippen molar-refractivity contribution in [3.05, 3.63) is 38.3 Å². The third kappa shape index (κ3) is 1.80. The van der Waals surface area contributed by atoms with Crippen molar-refractivity contribution in [3.63, 3.8) is 0 Å². The molecule has 1 aromatic carbocycles. The zero-order chi connectivity index (χ0) is 9.14. The average Bonchev–Trinajstić information content (AvgIpc) is 2.05. The van der Waals surface area contributed by atoms with Crippen LogP contribution in [-0.2, 0) is 6.61 Å². The summed E-state index contributed by atoms with van der Waals surface area (Å²) in [5.41, 5.74) is 0.506. The SMILES string of the molecule is O=[N+]([O-])c1ccc(Br)c(CO)c1. The van der Waals surface area contributed by atoms with E-state index in [2.05, 4.69) is 15.9 Å². The van der Waals surface area contributed by atoms with E-state index in [1.165, 1.54) is 12.1 Å². The Morgan fingerprint density at radius 2 is 2.25 bits per heavy atom. The molecule has 0 unspecified atom stereocenters. The highest BCUT2D eigenvalue weighted by molar-refractivity contribution is 9.10. The summed E-state index contributed by atoms with van der Waals surface area (Å²) in [7, 11) is 0. The van der Waals surface area contributed by atoms with Gasteiger partial charge in [-0.15, -0.1) is 0 Å². The Morgan fingerprint density at radius 3 is 2.75 bits per heavy atom. The summed E-state index contributed by atoms with van der Waals surface area (Å²) in [6.45, 7) is -0.206. The number of halogens is 1. The van der Waals surface area contributed by atoms with Crippen molar-refractivity contribution in [2.24, 2.45) is 0 Å². The van der Waals surface area contributed by atoms with E-state index in [0.717, 1.165) is 0 Å². The van der Waals surface area contributed by atoms with Crippen LogP contribution in [0.25, 0.3) is 0 Å². The first-order valence-electron chi connectivity index (χ1n) is 3.19. The Hall–Kier alpha value is -0.940. The molecule has 0 saturated heterocycles. The second-order valence-corrected chi connectivity index (χ2v) is 3.05. The van der Waals surface area contributed by atoms with Gasteiger partial charge in [-0.05, 0) is 11.6 Å². The second kappa shape index (κ2) is 3.64. The Morgan fingerprint density at radius 1 is 1.58 bits per heavy atom. The summed E-state index contributed by atoms with van der Waals surface area (Å²) >= 11 is 3.16. The van der Waals surface area contributed by atoms with E-state index in [1.807, 2.05) is 0 Å². The number of nitro benzene ring substituents is 1. The summed E-state index contributed by atoms with van der Waals surface area (Å²) in [6, 6.07) is 4.26. The van der Waals surface area contributed by atoms with Crippen molar-refractivity contribution in [1.82, 2.24) is 0 Å². The molecule has 0 saturated carbocycles. The topological polar surface area (TPSA) is 63.4 Å². The van der Waals surface area contributed by atoms with Crippen LogP contribution >= 0.6 is 15.9 Å². The van der Waals surface area contributed by atoms with Crippen LogP contribution in [0.15, 0.2) is 22.7 Å². The highest BCUT2D eigenvalue weighted by atomic mass is 79.9. The van der Waals surface area contributed by atoms with Crippen LogP contribution in [-0.4, -0.2) is 10.0 Å². The van der Waals surface area contributed by atoms with Crippen LogP contribution in [0, 0.1) is 10.1 Å². The van der Waals surface area contributed by atoms with Crippen LogP contribution in [0.2, 0.25) is 0 Å². The molecule has 0 aliphatic carbocycles. The van der Waals surface area contributed by atoms with Gasteiger partial charge in [0, 0.05) is 16.6 Å². The number of hydrogen-bond donors (Lipinski definition) is 1. The number of aliphatic hydroxyl groups is 1. The van der Waals surface area contributed by atoms with Crippen molar-refractivity contribution in [2.75, 3.05) is 0 Å². The fourth-order valence-electron chi connectivity index (χ4n) is 0.796. The molecular weight excluding hydrogens is 226 g/mol. The molecule has 12 heavy (non-hydrogen) atoms. The van der Waals surface area contributed by atoms with Gasteiger partial charge >= 0.3 is 0 Å². The minimum Gasteiger partial charge on any atom is -0.392 e. The molecule has 5 heteroatoms. The van der Waals surface area contributed by atoms with Gasteiger partial charge in [0.1, 0.15) is 0 Å². The molecular formula is C7H6BrNO3. The molecule has 1 aromatic rings. The normalized spacial score (nSPS) is 9.83. The van der Waals surface area contributed by atoms with Crippen molar-refractivity contribution in [2.45, 2.75) is 6.61 Å². The van der Waals surface area contributed by atoms with Crippen molar-refractivity contribution < 1.29 is 10.0 Å². The van der Waals surface area contributed by atoms with Gasteiger partial charge < -0.3 is 5.11 Å². The lowest BCUT2D eigenvalue weighted by Gasteiger charge is -1.98. The Labute approximate surface area is 77.1 Å². The molecule has 0 bridgehead atoms. The van der Waals surface area contributed by atoms with Crippen LogP contribution < -0.4 is 0 Å². The Bertz CT molecular complexity index is 314. The highest BCUT2D eigenvalue weighted by Gasteiger charge is 2.07. The van der Waals surface area contributed by atoms with Crippen molar-refractivity contribution >= 4 is 21.6 Å². The Kier molecular flexibility index (Phi) is 2.78. The van der Waals surface area contributed by atoms with Gasteiger partial charge in [0.15, 0.2) is 0 Å². The molecule has 0 radical (unpaired) electrons. The average molecular weight is 232 g/mol. The highest BCUT2D eigenvalue weighted by Crippen LogP contribution is 2.22. The molecule has 0 aliphatic rings. The first-order chi connectivity index (χ1) is 5.65. The van der Waals surface area contributed by atoms with Crippen molar-refractivity contribution in [1.29, 1.82) is 0 Å². The number of benzene rings is 1. The summed E-state index contributed by atoms with van der Waals surface area (Å²) < 4.78 is 0.676. The molecule has 0 heterocycles. The van der Waals surface area contributed by atoms with E-state index in [-0.39, 0.29) is 12.3 Å². The van der Waals surface area contributed by atoms with E-state index < -0.39 is 4.92 Å². The first-order valence-corrected chi connectivity index (χ1v) is 3.98. The molecule has 0 aliphatic heterocycles. The van der Waals surface area contributed by atoms with Crippen LogP contribution in [0.5, 0.6) is 0 Å². The number of nitro groups is 1. The fraction of sp³-hybridized carbons (Fsp3) is 0.143. The lowest BCUT2D eigenvalue weighted by molar-refractivity contribution is -0.385. The standard InChI is InChI=1S/C7H6BrNO3/c8-7-2-1-6(9(11)12)3-5(7)4-10/h1-3,10H,4H2.